The molecule has 116 valence electrons. The largest absolute Gasteiger partial charge is 0.490 e. The van der Waals surface area contributed by atoms with Crippen LogP contribution in [0.5, 0.6) is 5.75 Å². The lowest BCUT2D eigenvalue weighted by molar-refractivity contribution is 0.0490. The number of rotatable bonds is 4. The lowest BCUT2D eigenvalue weighted by Gasteiger charge is -2.37. The molecule has 2 aromatic rings. The average Bonchev–Trinajstić information content (AvgIpc) is 2.51. The van der Waals surface area contributed by atoms with E-state index >= 15 is 0 Å². The summed E-state index contributed by atoms with van der Waals surface area (Å²) in [5.41, 5.74) is 1.39. The zero-order valence-electron chi connectivity index (χ0n) is 12.9. The lowest BCUT2D eigenvalue weighted by atomic mass is 9.96. The molecule has 0 spiro atoms. The molecule has 0 aliphatic carbocycles. The Morgan fingerprint density at radius 1 is 1.14 bits per heavy atom. The zero-order chi connectivity index (χ0) is 15.4. The van der Waals surface area contributed by atoms with E-state index in [4.69, 9.17) is 4.74 Å². The molecule has 1 fully saturated rings. The van der Waals surface area contributed by atoms with Crippen LogP contribution in [0.2, 0.25) is 0 Å². The Balaban J connectivity index is 1.56. The van der Waals surface area contributed by atoms with Gasteiger partial charge in [-0.2, -0.15) is 0 Å². The molecule has 2 atom stereocenters. The fraction of sp³-hybridized carbons (Fsp3) is 0.368. The van der Waals surface area contributed by atoms with Gasteiger partial charge in [0.1, 0.15) is 11.9 Å². The first kappa shape index (κ1) is 15.6. The van der Waals surface area contributed by atoms with Crippen molar-refractivity contribution in [3.05, 3.63) is 64.6 Å². The van der Waals surface area contributed by atoms with Crippen molar-refractivity contribution in [1.82, 2.24) is 4.90 Å². The van der Waals surface area contributed by atoms with Gasteiger partial charge in [-0.15, -0.1) is 0 Å². The van der Waals surface area contributed by atoms with Gasteiger partial charge in [-0.05, 0) is 30.2 Å². The summed E-state index contributed by atoms with van der Waals surface area (Å²) >= 11 is 3.50. The molecule has 1 aliphatic heterocycles. The topological polar surface area (TPSA) is 12.5 Å². The van der Waals surface area contributed by atoms with Crippen LogP contribution in [0, 0.1) is 5.92 Å². The molecule has 0 amide bonds. The van der Waals surface area contributed by atoms with E-state index in [0.717, 1.165) is 36.3 Å². The van der Waals surface area contributed by atoms with Crippen molar-refractivity contribution in [3.8, 4) is 5.75 Å². The maximum Gasteiger partial charge on any atom is 0.120 e. The first-order valence-electron chi connectivity index (χ1n) is 7.89. The molecule has 0 N–H and O–H groups in total. The average molecular weight is 360 g/mol. The summed E-state index contributed by atoms with van der Waals surface area (Å²) in [6.07, 6.45) is 1.39. The number of piperidine rings is 1. The van der Waals surface area contributed by atoms with E-state index in [0.29, 0.717) is 12.0 Å². The van der Waals surface area contributed by atoms with E-state index in [9.17, 15) is 0 Å². The summed E-state index contributed by atoms with van der Waals surface area (Å²) < 4.78 is 7.26. The van der Waals surface area contributed by atoms with E-state index in [1.165, 1.54) is 5.56 Å². The Kier molecular flexibility index (Phi) is 5.16. The van der Waals surface area contributed by atoms with Crippen LogP contribution in [0.25, 0.3) is 0 Å². The fourth-order valence-electron chi connectivity index (χ4n) is 3.09. The number of ether oxygens (including phenoxy) is 1. The quantitative estimate of drug-likeness (QED) is 0.781. The second kappa shape index (κ2) is 7.30. The number of hydrogen-bond donors (Lipinski definition) is 0. The Morgan fingerprint density at radius 3 is 2.68 bits per heavy atom. The fourth-order valence-corrected chi connectivity index (χ4v) is 3.46. The highest BCUT2D eigenvalue weighted by Crippen LogP contribution is 2.25. The minimum atomic E-state index is 0.307. The van der Waals surface area contributed by atoms with Crippen LogP contribution in [0.1, 0.15) is 18.9 Å². The maximum absolute atomic E-state index is 6.19. The third kappa shape index (κ3) is 4.11. The van der Waals surface area contributed by atoms with Crippen molar-refractivity contribution in [2.24, 2.45) is 5.92 Å². The van der Waals surface area contributed by atoms with Gasteiger partial charge in [-0.1, -0.05) is 59.3 Å². The molecule has 0 saturated carbocycles. The van der Waals surface area contributed by atoms with Crippen molar-refractivity contribution in [3.63, 3.8) is 0 Å². The van der Waals surface area contributed by atoms with Gasteiger partial charge in [0.25, 0.3) is 0 Å². The Hall–Kier alpha value is -1.32. The van der Waals surface area contributed by atoms with Crippen LogP contribution < -0.4 is 4.74 Å². The Bertz CT molecular complexity index is 601. The van der Waals surface area contributed by atoms with Crippen LogP contribution in [0.4, 0.5) is 0 Å². The third-order valence-electron chi connectivity index (χ3n) is 4.24. The highest BCUT2D eigenvalue weighted by molar-refractivity contribution is 9.10. The molecule has 2 nitrogen and oxygen atoms in total. The first-order chi connectivity index (χ1) is 10.7. The minimum Gasteiger partial charge on any atom is -0.490 e. The van der Waals surface area contributed by atoms with Gasteiger partial charge < -0.3 is 4.74 Å². The van der Waals surface area contributed by atoms with Crippen molar-refractivity contribution in [1.29, 1.82) is 0 Å². The van der Waals surface area contributed by atoms with Crippen molar-refractivity contribution in [2.75, 3.05) is 13.1 Å². The second-order valence-corrected chi connectivity index (χ2v) is 7.02. The highest BCUT2D eigenvalue weighted by atomic mass is 79.9. The van der Waals surface area contributed by atoms with E-state index in [1.807, 2.05) is 24.3 Å². The molecule has 22 heavy (non-hydrogen) atoms. The molecule has 0 radical (unpaired) electrons. The third-order valence-corrected chi connectivity index (χ3v) is 4.74. The summed E-state index contributed by atoms with van der Waals surface area (Å²) in [4.78, 5) is 2.53. The monoisotopic (exact) mass is 359 g/mol. The smallest absolute Gasteiger partial charge is 0.120 e. The summed E-state index contributed by atoms with van der Waals surface area (Å²) in [6, 6.07) is 18.8. The highest BCUT2D eigenvalue weighted by Gasteiger charge is 2.27. The van der Waals surface area contributed by atoms with E-state index in [-0.39, 0.29) is 0 Å². The molecular formula is C19H22BrNO. The zero-order valence-corrected chi connectivity index (χ0v) is 14.5. The van der Waals surface area contributed by atoms with Crippen LogP contribution in [-0.4, -0.2) is 24.1 Å². The van der Waals surface area contributed by atoms with Crippen molar-refractivity contribution < 1.29 is 4.74 Å². The van der Waals surface area contributed by atoms with Crippen LogP contribution >= 0.6 is 15.9 Å². The summed E-state index contributed by atoms with van der Waals surface area (Å²) in [7, 11) is 0. The summed E-state index contributed by atoms with van der Waals surface area (Å²) in [5.74, 6) is 1.50. The molecule has 2 unspecified atom stereocenters. The maximum atomic E-state index is 6.19. The van der Waals surface area contributed by atoms with Gasteiger partial charge in [0.15, 0.2) is 0 Å². The second-order valence-electron chi connectivity index (χ2n) is 6.10. The minimum absolute atomic E-state index is 0.307. The van der Waals surface area contributed by atoms with Crippen molar-refractivity contribution >= 4 is 15.9 Å². The van der Waals surface area contributed by atoms with Gasteiger partial charge >= 0.3 is 0 Å². The normalized spacial score (nSPS) is 22.5. The SMILES string of the molecule is CC1CN(Cc2ccccc2)CCC1Oc1cccc(Br)c1. The predicted molar refractivity (Wildman–Crippen MR) is 94.1 cm³/mol. The molecular weight excluding hydrogens is 338 g/mol. The predicted octanol–water partition coefficient (Wildman–Crippen LogP) is 4.74. The van der Waals surface area contributed by atoms with Gasteiger partial charge in [0, 0.05) is 30.0 Å². The van der Waals surface area contributed by atoms with Gasteiger partial charge in [-0.3, -0.25) is 4.90 Å². The van der Waals surface area contributed by atoms with E-state index in [1.54, 1.807) is 0 Å². The summed E-state index contributed by atoms with van der Waals surface area (Å²) in [6.45, 7) is 5.51. The number of likely N-dealkylation sites (tertiary alicyclic amines) is 1. The molecule has 3 rings (SSSR count). The lowest BCUT2D eigenvalue weighted by Crippen LogP contribution is -2.43. The van der Waals surface area contributed by atoms with Crippen LogP contribution in [0.15, 0.2) is 59.1 Å². The molecule has 0 bridgehead atoms. The molecule has 1 heterocycles. The van der Waals surface area contributed by atoms with Gasteiger partial charge in [-0.25, -0.2) is 0 Å². The van der Waals surface area contributed by atoms with Crippen LogP contribution in [0.3, 0.4) is 0 Å². The molecule has 2 aromatic carbocycles. The number of hydrogen-bond acceptors (Lipinski definition) is 2. The molecule has 3 heteroatoms. The standard InChI is InChI=1S/C19H22BrNO/c1-15-13-21(14-16-6-3-2-4-7-16)11-10-19(15)22-18-9-5-8-17(20)12-18/h2-9,12,15,19H,10-11,13-14H2,1H3. The molecule has 0 aromatic heterocycles. The van der Waals surface area contributed by atoms with E-state index in [2.05, 4.69) is 58.1 Å². The first-order valence-corrected chi connectivity index (χ1v) is 8.68. The van der Waals surface area contributed by atoms with Crippen molar-refractivity contribution in [2.45, 2.75) is 26.0 Å². The Morgan fingerprint density at radius 2 is 1.95 bits per heavy atom. The van der Waals surface area contributed by atoms with Crippen LogP contribution in [-0.2, 0) is 6.54 Å². The molecule has 1 saturated heterocycles. The number of nitrogens with zero attached hydrogens (tertiary/aromatic N) is 1. The summed E-state index contributed by atoms with van der Waals surface area (Å²) in [5, 5.41) is 0. The van der Waals surface area contributed by atoms with Gasteiger partial charge in [0.2, 0.25) is 0 Å². The molecule has 1 aliphatic rings. The van der Waals surface area contributed by atoms with E-state index < -0.39 is 0 Å². The number of benzene rings is 2. The number of halogens is 1. The van der Waals surface area contributed by atoms with Gasteiger partial charge in [0.05, 0.1) is 0 Å². The Labute approximate surface area is 141 Å².